The second kappa shape index (κ2) is 6.01. The van der Waals surface area contributed by atoms with Crippen molar-refractivity contribution in [3.05, 3.63) is 64.8 Å². The fraction of sp³-hybridized carbons (Fsp3) is 0.0625. The van der Waals surface area contributed by atoms with E-state index in [2.05, 4.69) is 21.2 Å². The lowest BCUT2D eigenvalue weighted by atomic mass is 10.1. The molecule has 21 heavy (non-hydrogen) atoms. The molecular weight excluding hydrogens is 334 g/mol. The third-order valence-electron chi connectivity index (χ3n) is 3.00. The van der Waals surface area contributed by atoms with Crippen molar-refractivity contribution in [2.24, 2.45) is 0 Å². The van der Waals surface area contributed by atoms with Crippen molar-refractivity contribution < 1.29 is 14.3 Å². The van der Waals surface area contributed by atoms with Crippen molar-refractivity contribution in [1.29, 1.82) is 0 Å². The normalized spacial score (nSPS) is 12.6. The van der Waals surface area contributed by atoms with Crippen LogP contribution in [0.2, 0.25) is 0 Å². The van der Waals surface area contributed by atoms with Crippen molar-refractivity contribution in [1.82, 2.24) is 0 Å². The number of halogens is 1. The molecule has 3 rings (SSSR count). The maximum Gasteiger partial charge on any atom is 0.231 e. The van der Waals surface area contributed by atoms with Gasteiger partial charge in [0.25, 0.3) is 0 Å². The number of hydrogen-bond donors (Lipinski definition) is 1. The van der Waals surface area contributed by atoms with Gasteiger partial charge in [0.1, 0.15) is 0 Å². The van der Waals surface area contributed by atoms with E-state index in [0.29, 0.717) is 17.1 Å². The second-order valence-electron chi connectivity index (χ2n) is 4.39. The number of ether oxygens (including phenoxy) is 2. The van der Waals surface area contributed by atoms with E-state index in [9.17, 15) is 4.79 Å². The lowest BCUT2D eigenvalue weighted by Crippen LogP contribution is -1.96. The number of fused-ring (bicyclic) bond motifs is 1. The van der Waals surface area contributed by atoms with E-state index < -0.39 is 0 Å². The van der Waals surface area contributed by atoms with Gasteiger partial charge in [-0.25, -0.2) is 0 Å². The van der Waals surface area contributed by atoms with Crippen LogP contribution in [0.3, 0.4) is 0 Å². The molecule has 1 heterocycles. The summed E-state index contributed by atoms with van der Waals surface area (Å²) in [6, 6.07) is 12.8. The number of benzene rings is 2. The van der Waals surface area contributed by atoms with Gasteiger partial charge in [0.2, 0.25) is 6.79 Å². The number of ketones is 1. The molecule has 0 spiro atoms. The zero-order valence-corrected chi connectivity index (χ0v) is 12.6. The fourth-order valence-corrected chi connectivity index (χ4v) is 2.33. The number of carbonyl (C=O) groups excluding carboxylic acids is 1. The molecule has 0 atom stereocenters. The summed E-state index contributed by atoms with van der Waals surface area (Å²) in [7, 11) is 0. The molecule has 0 radical (unpaired) electrons. The van der Waals surface area contributed by atoms with E-state index >= 15 is 0 Å². The molecule has 1 N–H and O–H groups in total. The summed E-state index contributed by atoms with van der Waals surface area (Å²) in [4.78, 5) is 12.1. The first-order chi connectivity index (χ1) is 10.2. The number of allylic oxidation sites excluding steroid dienone is 1. The van der Waals surface area contributed by atoms with Crippen molar-refractivity contribution in [2.45, 2.75) is 0 Å². The Kier molecular flexibility index (Phi) is 3.92. The Balaban J connectivity index is 1.69. The number of hydrogen-bond acceptors (Lipinski definition) is 4. The van der Waals surface area contributed by atoms with Crippen LogP contribution in [0.1, 0.15) is 10.4 Å². The van der Waals surface area contributed by atoms with E-state index in [1.807, 2.05) is 24.3 Å². The number of nitrogens with one attached hydrogen (secondary N) is 1. The minimum absolute atomic E-state index is 0.104. The summed E-state index contributed by atoms with van der Waals surface area (Å²) in [5.41, 5.74) is 1.46. The van der Waals surface area contributed by atoms with Crippen LogP contribution in [0.25, 0.3) is 0 Å². The van der Waals surface area contributed by atoms with E-state index in [-0.39, 0.29) is 12.6 Å². The van der Waals surface area contributed by atoms with Crippen LogP contribution in [0.4, 0.5) is 5.69 Å². The molecule has 4 nitrogen and oxygen atoms in total. The van der Waals surface area contributed by atoms with Gasteiger partial charge in [-0.1, -0.05) is 12.1 Å². The van der Waals surface area contributed by atoms with Gasteiger partial charge in [-0.2, -0.15) is 0 Å². The minimum atomic E-state index is -0.104. The molecule has 0 aromatic heterocycles. The molecule has 0 bridgehead atoms. The SMILES string of the molecule is O=C(/C=C/Nc1ccccc1Br)c1ccc2c(c1)OCO2. The smallest absolute Gasteiger partial charge is 0.231 e. The zero-order valence-electron chi connectivity index (χ0n) is 11.0. The highest BCUT2D eigenvalue weighted by atomic mass is 79.9. The second-order valence-corrected chi connectivity index (χ2v) is 5.24. The van der Waals surface area contributed by atoms with Crippen LogP contribution in [-0.2, 0) is 0 Å². The number of anilines is 1. The lowest BCUT2D eigenvalue weighted by Gasteiger charge is -2.03. The van der Waals surface area contributed by atoms with Gasteiger partial charge < -0.3 is 14.8 Å². The Morgan fingerprint density at radius 2 is 1.95 bits per heavy atom. The summed E-state index contributed by atoms with van der Waals surface area (Å²) >= 11 is 3.43. The first kappa shape index (κ1) is 13.7. The van der Waals surface area contributed by atoms with Crippen molar-refractivity contribution in [2.75, 3.05) is 12.1 Å². The highest BCUT2D eigenvalue weighted by molar-refractivity contribution is 9.10. The van der Waals surface area contributed by atoms with Gasteiger partial charge in [-0.3, -0.25) is 4.79 Å². The van der Waals surface area contributed by atoms with Crippen LogP contribution in [-0.4, -0.2) is 12.6 Å². The first-order valence-corrected chi connectivity index (χ1v) is 7.15. The molecule has 2 aromatic carbocycles. The Hall–Kier alpha value is -2.27. The molecule has 0 aliphatic carbocycles. The van der Waals surface area contributed by atoms with Crippen molar-refractivity contribution in [3.63, 3.8) is 0 Å². The van der Waals surface area contributed by atoms with Crippen molar-refractivity contribution >= 4 is 27.4 Å². The van der Waals surface area contributed by atoms with E-state index in [1.165, 1.54) is 6.08 Å². The predicted octanol–water partition coefficient (Wildman–Crippen LogP) is 3.99. The van der Waals surface area contributed by atoms with Crippen LogP contribution < -0.4 is 14.8 Å². The van der Waals surface area contributed by atoms with Crippen LogP contribution in [0.5, 0.6) is 11.5 Å². The highest BCUT2D eigenvalue weighted by Gasteiger charge is 2.14. The van der Waals surface area contributed by atoms with Gasteiger partial charge in [0.15, 0.2) is 17.3 Å². The van der Waals surface area contributed by atoms with Crippen LogP contribution in [0, 0.1) is 0 Å². The number of para-hydroxylation sites is 1. The van der Waals surface area contributed by atoms with Gasteiger partial charge in [-0.05, 0) is 46.3 Å². The molecule has 106 valence electrons. The minimum Gasteiger partial charge on any atom is -0.454 e. The summed E-state index contributed by atoms with van der Waals surface area (Å²) in [5.74, 6) is 1.17. The number of carbonyl (C=O) groups is 1. The molecule has 0 saturated carbocycles. The fourth-order valence-electron chi connectivity index (χ4n) is 1.93. The quantitative estimate of drug-likeness (QED) is 0.672. The molecule has 5 heteroatoms. The summed E-state index contributed by atoms with van der Waals surface area (Å²) < 4.78 is 11.4. The van der Waals surface area contributed by atoms with E-state index in [1.54, 1.807) is 24.4 Å². The summed E-state index contributed by atoms with van der Waals surface area (Å²) in [6.07, 6.45) is 3.10. The van der Waals surface area contributed by atoms with Crippen LogP contribution in [0.15, 0.2) is 59.2 Å². The standard InChI is InChI=1S/C16H12BrNO3/c17-12-3-1-2-4-13(12)18-8-7-14(19)11-5-6-15-16(9-11)21-10-20-15/h1-9,18H,10H2/b8-7+. The monoisotopic (exact) mass is 345 g/mol. The maximum absolute atomic E-state index is 12.1. The molecular formula is C16H12BrNO3. The Labute approximate surface area is 130 Å². The zero-order chi connectivity index (χ0) is 14.7. The number of rotatable bonds is 4. The summed E-state index contributed by atoms with van der Waals surface area (Å²) in [5, 5.41) is 3.06. The Morgan fingerprint density at radius 3 is 2.81 bits per heavy atom. The third-order valence-corrected chi connectivity index (χ3v) is 3.70. The molecule has 1 aliphatic heterocycles. The van der Waals surface area contributed by atoms with E-state index in [4.69, 9.17) is 9.47 Å². The van der Waals surface area contributed by atoms with Crippen molar-refractivity contribution in [3.8, 4) is 11.5 Å². The molecule has 0 saturated heterocycles. The average Bonchev–Trinajstić information content (AvgIpc) is 2.96. The molecule has 1 aliphatic rings. The Bertz CT molecular complexity index is 712. The largest absolute Gasteiger partial charge is 0.454 e. The van der Waals surface area contributed by atoms with E-state index in [0.717, 1.165) is 10.2 Å². The van der Waals surface area contributed by atoms with Crippen LogP contribution >= 0.6 is 15.9 Å². The molecule has 2 aromatic rings. The Morgan fingerprint density at radius 1 is 1.14 bits per heavy atom. The molecule has 0 fully saturated rings. The van der Waals surface area contributed by atoms with Gasteiger partial charge in [0, 0.05) is 22.3 Å². The van der Waals surface area contributed by atoms with Gasteiger partial charge in [-0.15, -0.1) is 0 Å². The molecule has 0 unspecified atom stereocenters. The van der Waals surface area contributed by atoms with Gasteiger partial charge in [0.05, 0.1) is 5.69 Å². The molecule has 0 amide bonds. The maximum atomic E-state index is 12.1. The van der Waals surface area contributed by atoms with Gasteiger partial charge >= 0.3 is 0 Å². The average molecular weight is 346 g/mol. The topological polar surface area (TPSA) is 47.6 Å². The first-order valence-electron chi connectivity index (χ1n) is 6.35. The predicted molar refractivity (Wildman–Crippen MR) is 83.8 cm³/mol. The lowest BCUT2D eigenvalue weighted by molar-refractivity contribution is 0.104. The third kappa shape index (κ3) is 3.08. The highest BCUT2D eigenvalue weighted by Crippen LogP contribution is 2.32. The summed E-state index contributed by atoms with van der Waals surface area (Å²) in [6.45, 7) is 0.201.